The molecule has 1 aliphatic heterocycles. The van der Waals surface area contributed by atoms with Gasteiger partial charge in [-0.3, -0.25) is 4.79 Å². The molecule has 1 fully saturated rings. The Morgan fingerprint density at radius 2 is 1.95 bits per heavy atom. The van der Waals surface area contributed by atoms with Crippen molar-refractivity contribution in [3.63, 3.8) is 0 Å². The second kappa shape index (κ2) is 7.10. The van der Waals surface area contributed by atoms with E-state index in [1.807, 2.05) is 45.2 Å². The molecule has 116 valence electrons. The van der Waals surface area contributed by atoms with Crippen molar-refractivity contribution in [3.05, 3.63) is 41.1 Å². The number of anilines is 1. The van der Waals surface area contributed by atoms with Crippen LogP contribution in [0, 0.1) is 25.2 Å². The van der Waals surface area contributed by atoms with Gasteiger partial charge in [-0.25, -0.2) is 0 Å². The van der Waals surface area contributed by atoms with Crippen molar-refractivity contribution in [3.8, 4) is 6.07 Å². The number of hydrogen-bond acceptors (Lipinski definition) is 4. The van der Waals surface area contributed by atoms with Gasteiger partial charge in [0.1, 0.15) is 11.6 Å². The summed E-state index contributed by atoms with van der Waals surface area (Å²) >= 11 is 0. The first-order valence-corrected chi connectivity index (χ1v) is 7.43. The maximum absolute atomic E-state index is 12.4. The summed E-state index contributed by atoms with van der Waals surface area (Å²) in [6.45, 7) is 7.06. The van der Waals surface area contributed by atoms with Gasteiger partial charge in [0.15, 0.2) is 0 Å². The molecule has 1 aliphatic rings. The topological polar surface area (TPSA) is 59.4 Å². The van der Waals surface area contributed by atoms with Crippen molar-refractivity contribution in [1.29, 1.82) is 5.26 Å². The molecule has 0 unspecified atom stereocenters. The quantitative estimate of drug-likeness (QED) is 0.684. The average molecular weight is 298 g/mol. The minimum atomic E-state index is -0.201. The van der Waals surface area contributed by atoms with Gasteiger partial charge >= 0.3 is 0 Å². The lowest BCUT2D eigenvalue weighted by molar-refractivity contribution is -0.128. The van der Waals surface area contributed by atoms with Crippen LogP contribution < -0.4 is 5.32 Å². The highest BCUT2D eigenvalue weighted by Gasteiger charge is 2.22. The number of benzene rings is 1. The Bertz CT molecular complexity index is 622. The Hall–Kier alpha value is -2.32. The highest BCUT2D eigenvalue weighted by atomic mass is 16.2. The van der Waals surface area contributed by atoms with Gasteiger partial charge in [0.25, 0.3) is 5.91 Å². The van der Waals surface area contributed by atoms with Gasteiger partial charge in [-0.05, 0) is 38.1 Å². The number of nitriles is 1. The van der Waals surface area contributed by atoms with Crippen LogP contribution in [0.1, 0.15) is 11.1 Å². The van der Waals surface area contributed by atoms with Crippen molar-refractivity contribution in [2.24, 2.45) is 0 Å². The van der Waals surface area contributed by atoms with E-state index in [4.69, 9.17) is 0 Å². The number of piperazine rings is 1. The third-order valence-corrected chi connectivity index (χ3v) is 4.12. The molecule has 2 rings (SSSR count). The van der Waals surface area contributed by atoms with Crippen molar-refractivity contribution >= 4 is 11.6 Å². The smallest absolute Gasteiger partial charge is 0.266 e. The first-order chi connectivity index (χ1) is 10.5. The van der Waals surface area contributed by atoms with E-state index in [1.54, 1.807) is 4.90 Å². The Balaban J connectivity index is 2.09. The molecule has 5 heteroatoms. The van der Waals surface area contributed by atoms with Gasteiger partial charge in [0.05, 0.1) is 0 Å². The van der Waals surface area contributed by atoms with Crippen LogP contribution in [0.5, 0.6) is 0 Å². The largest absolute Gasteiger partial charge is 0.360 e. The molecule has 0 radical (unpaired) electrons. The van der Waals surface area contributed by atoms with Crippen LogP contribution in [0.3, 0.4) is 0 Å². The number of aryl methyl sites for hydroxylation is 1. The molecule has 1 aromatic rings. The van der Waals surface area contributed by atoms with Crippen LogP contribution in [-0.2, 0) is 4.79 Å². The first kappa shape index (κ1) is 16.1. The van der Waals surface area contributed by atoms with Crippen molar-refractivity contribution in [2.45, 2.75) is 13.8 Å². The van der Waals surface area contributed by atoms with E-state index in [0.717, 1.165) is 24.3 Å². The van der Waals surface area contributed by atoms with E-state index in [-0.39, 0.29) is 11.5 Å². The first-order valence-electron chi connectivity index (χ1n) is 7.43. The van der Waals surface area contributed by atoms with Crippen molar-refractivity contribution < 1.29 is 4.79 Å². The standard InChI is InChI=1S/C17H22N4O/c1-13-5-4-6-16(14(13)2)19-12-15(11-18)17(22)21-9-7-20(3)8-10-21/h4-6,12,19H,7-10H2,1-3H3/b15-12-. The fourth-order valence-electron chi connectivity index (χ4n) is 2.38. The number of rotatable bonds is 3. The van der Waals surface area contributed by atoms with Crippen LogP contribution in [0.2, 0.25) is 0 Å². The fraction of sp³-hybridized carbons (Fsp3) is 0.412. The zero-order chi connectivity index (χ0) is 16.1. The minimum absolute atomic E-state index is 0.144. The molecule has 0 spiro atoms. The van der Waals surface area contributed by atoms with Crippen LogP contribution in [0.15, 0.2) is 30.0 Å². The summed E-state index contributed by atoms with van der Waals surface area (Å²) in [5.74, 6) is -0.201. The molecular formula is C17H22N4O. The average Bonchev–Trinajstić information content (AvgIpc) is 2.52. The summed E-state index contributed by atoms with van der Waals surface area (Å²) in [5, 5.41) is 12.4. The lowest BCUT2D eigenvalue weighted by atomic mass is 10.1. The molecule has 0 saturated carbocycles. The predicted octanol–water partition coefficient (Wildman–Crippen LogP) is 1.90. The third kappa shape index (κ3) is 3.66. The van der Waals surface area contributed by atoms with E-state index >= 15 is 0 Å². The summed E-state index contributed by atoms with van der Waals surface area (Å²) in [4.78, 5) is 16.3. The monoisotopic (exact) mass is 298 g/mol. The van der Waals surface area contributed by atoms with Gasteiger partial charge < -0.3 is 15.1 Å². The molecule has 5 nitrogen and oxygen atoms in total. The van der Waals surface area contributed by atoms with Gasteiger partial charge in [0.2, 0.25) is 0 Å². The number of nitrogens with zero attached hydrogens (tertiary/aromatic N) is 3. The Kier molecular flexibility index (Phi) is 5.18. The van der Waals surface area contributed by atoms with Crippen LogP contribution in [-0.4, -0.2) is 48.9 Å². The molecule has 1 heterocycles. The summed E-state index contributed by atoms with van der Waals surface area (Å²) in [7, 11) is 2.03. The number of carbonyl (C=O) groups excluding carboxylic acids is 1. The maximum atomic E-state index is 12.4. The SMILES string of the molecule is Cc1cccc(N/C=C(/C#N)C(=O)N2CCN(C)CC2)c1C. The summed E-state index contributed by atoms with van der Waals surface area (Å²) < 4.78 is 0. The fourth-order valence-corrected chi connectivity index (χ4v) is 2.38. The van der Waals surface area contributed by atoms with Crippen LogP contribution in [0.25, 0.3) is 0 Å². The zero-order valence-electron chi connectivity index (χ0n) is 13.4. The molecule has 0 aliphatic carbocycles. The molecule has 22 heavy (non-hydrogen) atoms. The third-order valence-electron chi connectivity index (χ3n) is 4.12. The number of carbonyl (C=O) groups is 1. The van der Waals surface area contributed by atoms with Crippen molar-refractivity contribution in [1.82, 2.24) is 9.80 Å². The van der Waals surface area contributed by atoms with Gasteiger partial charge in [0, 0.05) is 38.1 Å². The number of amides is 1. The van der Waals surface area contributed by atoms with E-state index in [0.29, 0.717) is 13.1 Å². The van der Waals surface area contributed by atoms with E-state index < -0.39 is 0 Å². The van der Waals surface area contributed by atoms with E-state index in [2.05, 4.69) is 10.2 Å². The normalized spacial score (nSPS) is 16.3. The Labute approximate surface area is 131 Å². The number of likely N-dealkylation sites (N-methyl/N-ethyl adjacent to an activating group) is 1. The van der Waals surface area contributed by atoms with E-state index in [9.17, 15) is 10.1 Å². The van der Waals surface area contributed by atoms with E-state index in [1.165, 1.54) is 11.8 Å². The molecular weight excluding hydrogens is 276 g/mol. The molecule has 1 saturated heterocycles. The summed E-state index contributed by atoms with van der Waals surface area (Å²) in [6.07, 6.45) is 1.52. The molecule has 0 bridgehead atoms. The second-order valence-corrected chi connectivity index (χ2v) is 5.66. The van der Waals surface area contributed by atoms with Crippen LogP contribution in [0.4, 0.5) is 5.69 Å². The molecule has 1 aromatic carbocycles. The minimum Gasteiger partial charge on any atom is -0.360 e. The number of hydrogen-bond donors (Lipinski definition) is 1. The van der Waals surface area contributed by atoms with Gasteiger partial charge in [-0.2, -0.15) is 5.26 Å². The highest BCUT2D eigenvalue weighted by Crippen LogP contribution is 2.18. The summed E-state index contributed by atoms with van der Waals surface area (Å²) in [6, 6.07) is 7.93. The molecule has 0 aromatic heterocycles. The lowest BCUT2D eigenvalue weighted by Crippen LogP contribution is -2.47. The molecule has 1 amide bonds. The van der Waals surface area contributed by atoms with Crippen LogP contribution >= 0.6 is 0 Å². The molecule has 0 atom stereocenters. The van der Waals surface area contributed by atoms with Gasteiger partial charge in [-0.1, -0.05) is 12.1 Å². The Morgan fingerprint density at radius 1 is 1.27 bits per heavy atom. The predicted molar refractivity (Wildman–Crippen MR) is 87.3 cm³/mol. The number of nitrogens with one attached hydrogen (secondary N) is 1. The molecule has 1 N–H and O–H groups in total. The Morgan fingerprint density at radius 3 is 2.59 bits per heavy atom. The van der Waals surface area contributed by atoms with Gasteiger partial charge in [-0.15, -0.1) is 0 Å². The summed E-state index contributed by atoms with van der Waals surface area (Å²) in [5.41, 5.74) is 3.34. The maximum Gasteiger partial charge on any atom is 0.266 e. The second-order valence-electron chi connectivity index (χ2n) is 5.66. The zero-order valence-corrected chi connectivity index (χ0v) is 13.4. The lowest BCUT2D eigenvalue weighted by Gasteiger charge is -2.32. The van der Waals surface area contributed by atoms with Crippen molar-refractivity contribution in [2.75, 3.05) is 38.5 Å². The highest BCUT2D eigenvalue weighted by molar-refractivity contribution is 5.97.